The molecule has 1 aliphatic heterocycles. The number of sulfonamides is 1. The van der Waals surface area contributed by atoms with Gasteiger partial charge in [0.05, 0.1) is 11.0 Å². The third kappa shape index (κ3) is 6.55. The normalized spacial score (nSPS) is 16.2. The Morgan fingerprint density at radius 3 is 2.43 bits per heavy atom. The van der Waals surface area contributed by atoms with E-state index in [4.69, 9.17) is 9.47 Å². The number of ether oxygens (including phenoxy) is 2. The zero-order valence-corrected chi connectivity index (χ0v) is 18.0. The highest BCUT2D eigenvalue weighted by Crippen LogP contribution is 2.19. The van der Waals surface area contributed by atoms with Crippen molar-refractivity contribution in [3.05, 3.63) is 29.8 Å². The van der Waals surface area contributed by atoms with Gasteiger partial charge in [-0.05, 0) is 37.8 Å². The molecule has 1 unspecified atom stereocenters. The van der Waals surface area contributed by atoms with Crippen LogP contribution in [0.2, 0.25) is 0 Å². The topological polar surface area (TPSA) is 84.9 Å². The maximum Gasteiger partial charge on any atom is 0.241 e. The predicted molar refractivity (Wildman–Crippen MR) is 108 cm³/mol. The first-order valence-electron chi connectivity index (χ1n) is 9.71. The minimum Gasteiger partial charge on any atom is -0.385 e. The first-order chi connectivity index (χ1) is 13.2. The number of aryl methyl sites for hydroxylation is 1. The Labute approximate surface area is 168 Å². The minimum absolute atomic E-state index is 0.00853. The molecule has 1 aromatic carbocycles. The quantitative estimate of drug-likeness (QED) is 0.562. The number of likely N-dealkylation sites (tertiary alicyclic amines) is 1. The van der Waals surface area contributed by atoms with E-state index in [1.165, 1.54) is 0 Å². The first kappa shape index (κ1) is 22.8. The number of hydrogen-bond donors (Lipinski definition) is 1. The van der Waals surface area contributed by atoms with Gasteiger partial charge in [-0.1, -0.05) is 31.5 Å². The molecule has 0 aliphatic carbocycles. The number of amides is 1. The van der Waals surface area contributed by atoms with Crippen molar-refractivity contribution in [1.29, 1.82) is 0 Å². The molecule has 0 radical (unpaired) electrons. The molecule has 1 atom stereocenters. The molecule has 0 aromatic heterocycles. The van der Waals surface area contributed by atoms with E-state index >= 15 is 0 Å². The van der Waals surface area contributed by atoms with Gasteiger partial charge >= 0.3 is 0 Å². The molecule has 0 bridgehead atoms. The summed E-state index contributed by atoms with van der Waals surface area (Å²) in [4.78, 5) is 14.7. The van der Waals surface area contributed by atoms with Gasteiger partial charge in [0.2, 0.25) is 15.9 Å². The van der Waals surface area contributed by atoms with Crippen LogP contribution in [0.5, 0.6) is 0 Å². The fraction of sp³-hybridized carbons (Fsp3) is 0.650. The fourth-order valence-corrected chi connectivity index (χ4v) is 4.24. The molecule has 8 heteroatoms. The SMILES string of the molecule is COCCCOC1CN(C(=O)C(CC(C)C)NS(=O)(=O)c2ccc(C)cc2)C1. The highest BCUT2D eigenvalue weighted by molar-refractivity contribution is 7.89. The van der Waals surface area contributed by atoms with Crippen LogP contribution in [-0.4, -0.2) is 64.8 Å². The summed E-state index contributed by atoms with van der Waals surface area (Å²) in [6.45, 7) is 8.06. The predicted octanol–water partition coefficient (Wildman–Crippen LogP) is 1.95. The Morgan fingerprint density at radius 2 is 1.86 bits per heavy atom. The number of nitrogens with one attached hydrogen (secondary N) is 1. The Hall–Kier alpha value is -1.48. The monoisotopic (exact) mass is 412 g/mol. The molecule has 0 saturated carbocycles. The van der Waals surface area contributed by atoms with Crippen LogP contribution in [0.25, 0.3) is 0 Å². The van der Waals surface area contributed by atoms with Crippen molar-refractivity contribution in [3.63, 3.8) is 0 Å². The molecule has 1 heterocycles. The van der Waals surface area contributed by atoms with Gasteiger partial charge in [0, 0.05) is 33.4 Å². The lowest BCUT2D eigenvalue weighted by atomic mass is 10.0. The lowest BCUT2D eigenvalue weighted by Crippen LogP contribution is -2.60. The molecule has 2 rings (SSSR count). The van der Waals surface area contributed by atoms with Gasteiger partial charge in [-0.3, -0.25) is 4.79 Å². The Bertz CT molecular complexity index is 727. The van der Waals surface area contributed by atoms with Crippen LogP contribution in [0, 0.1) is 12.8 Å². The lowest BCUT2D eigenvalue weighted by molar-refractivity contribution is -0.147. The van der Waals surface area contributed by atoms with Crippen molar-refractivity contribution >= 4 is 15.9 Å². The number of hydrogen-bond acceptors (Lipinski definition) is 5. The van der Waals surface area contributed by atoms with Crippen molar-refractivity contribution in [2.75, 3.05) is 33.4 Å². The van der Waals surface area contributed by atoms with Crippen molar-refractivity contribution in [2.24, 2.45) is 5.92 Å². The second-order valence-corrected chi connectivity index (χ2v) is 9.41. The van der Waals surface area contributed by atoms with E-state index in [2.05, 4.69) is 4.72 Å². The summed E-state index contributed by atoms with van der Waals surface area (Å²) >= 11 is 0. The smallest absolute Gasteiger partial charge is 0.241 e. The standard InChI is InChI=1S/C20H32N2O5S/c1-15(2)12-19(21-28(24,25)18-8-6-16(3)7-9-18)20(23)22-13-17(14-22)27-11-5-10-26-4/h6-9,15,17,19,21H,5,10-14H2,1-4H3. The summed E-state index contributed by atoms with van der Waals surface area (Å²) < 4.78 is 38.7. The molecule has 1 saturated heterocycles. The molecule has 7 nitrogen and oxygen atoms in total. The third-order valence-electron chi connectivity index (χ3n) is 4.64. The molecule has 1 N–H and O–H groups in total. The molecule has 28 heavy (non-hydrogen) atoms. The van der Waals surface area contributed by atoms with Gasteiger partial charge < -0.3 is 14.4 Å². The highest BCUT2D eigenvalue weighted by atomic mass is 32.2. The highest BCUT2D eigenvalue weighted by Gasteiger charge is 2.37. The van der Waals surface area contributed by atoms with Gasteiger partial charge in [-0.25, -0.2) is 8.42 Å². The van der Waals surface area contributed by atoms with E-state index in [1.54, 1.807) is 36.3 Å². The van der Waals surface area contributed by atoms with E-state index in [0.717, 1.165) is 12.0 Å². The molecular formula is C20H32N2O5S. The Kier molecular flexibility index (Phi) is 8.42. The van der Waals surface area contributed by atoms with Gasteiger partial charge in [0.1, 0.15) is 6.04 Å². The van der Waals surface area contributed by atoms with Crippen molar-refractivity contribution in [3.8, 4) is 0 Å². The minimum atomic E-state index is -3.76. The zero-order valence-electron chi connectivity index (χ0n) is 17.2. The number of methoxy groups -OCH3 is 1. The third-order valence-corrected chi connectivity index (χ3v) is 6.13. The molecule has 1 aliphatic rings. The van der Waals surface area contributed by atoms with E-state index < -0.39 is 16.1 Å². The van der Waals surface area contributed by atoms with E-state index in [1.807, 2.05) is 20.8 Å². The lowest BCUT2D eigenvalue weighted by Gasteiger charge is -2.41. The van der Waals surface area contributed by atoms with E-state index in [9.17, 15) is 13.2 Å². The van der Waals surface area contributed by atoms with Gasteiger partial charge in [-0.2, -0.15) is 4.72 Å². The van der Waals surface area contributed by atoms with Crippen molar-refractivity contribution < 1.29 is 22.7 Å². The van der Waals surface area contributed by atoms with Crippen LogP contribution in [0.4, 0.5) is 0 Å². The average molecular weight is 413 g/mol. The van der Waals surface area contributed by atoms with Gasteiger partial charge in [0.15, 0.2) is 0 Å². The molecule has 0 spiro atoms. The van der Waals surface area contributed by atoms with Gasteiger partial charge in [-0.15, -0.1) is 0 Å². The summed E-state index contributed by atoms with van der Waals surface area (Å²) in [5.74, 6) is -0.0156. The summed E-state index contributed by atoms with van der Waals surface area (Å²) in [6.07, 6.45) is 1.27. The van der Waals surface area contributed by atoms with Gasteiger partial charge in [0.25, 0.3) is 0 Å². The van der Waals surface area contributed by atoms with Crippen LogP contribution in [-0.2, 0) is 24.3 Å². The molecule has 1 amide bonds. The average Bonchev–Trinajstić information content (AvgIpc) is 2.58. The number of benzene rings is 1. The molecule has 1 aromatic rings. The summed E-state index contributed by atoms with van der Waals surface area (Å²) in [5, 5.41) is 0. The summed E-state index contributed by atoms with van der Waals surface area (Å²) in [5.41, 5.74) is 0.978. The largest absolute Gasteiger partial charge is 0.385 e. The Morgan fingerprint density at radius 1 is 1.21 bits per heavy atom. The van der Waals surface area contributed by atoms with Crippen molar-refractivity contribution in [2.45, 2.75) is 50.7 Å². The summed E-state index contributed by atoms with van der Waals surface area (Å²) in [6, 6.07) is 5.83. The number of rotatable bonds is 11. The zero-order chi connectivity index (χ0) is 20.7. The van der Waals surface area contributed by atoms with Crippen LogP contribution < -0.4 is 4.72 Å². The van der Waals surface area contributed by atoms with Crippen LogP contribution in [0.15, 0.2) is 29.2 Å². The van der Waals surface area contributed by atoms with E-state index in [0.29, 0.717) is 32.7 Å². The Balaban J connectivity index is 1.96. The van der Waals surface area contributed by atoms with Crippen LogP contribution >= 0.6 is 0 Å². The number of nitrogens with zero attached hydrogens (tertiary/aromatic N) is 1. The second kappa shape index (κ2) is 10.3. The number of carbonyl (C=O) groups is 1. The maximum absolute atomic E-state index is 12.9. The molecule has 158 valence electrons. The van der Waals surface area contributed by atoms with Crippen LogP contribution in [0.3, 0.4) is 0 Å². The second-order valence-electron chi connectivity index (χ2n) is 7.70. The molecular weight excluding hydrogens is 380 g/mol. The van der Waals surface area contributed by atoms with Crippen molar-refractivity contribution in [1.82, 2.24) is 9.62 Å². The van der Waals surface area contributed by atoms with E-state index in [-0.39, 0.29) is 22.8 Å². The maximum atomic E-state index is 12.9. The van der Waals surface area contributed by atoms with Crippen LogP contribution in [0.1, 0.15) is 32.3 Å². The molecule has 1 fully saturated rings. The first-order valence-corrected chi connectivity index (χ1v) is 11.2. The summed E-state index contributed by atoms with van der Waals surface area (Å²) in [7, 11) is -2.11. The number of carbonyl (C=O) groups excluding carboxylic acids is 1. The fourth-order valence-electron chi connectivity index (χ4n) is 3.04.